The van der Waals surface area contributed by atoms with Crippen LogP contribution >= 0.6 is 0 Å². The van der Waals surface area contributed by atoms with Crippen LogP contribution < -0.4 is 5.73 Å². The van der Waals surface area contributed by atoms with Crippen molar-refractivity contribution in [3.05, 3.63) is 78.0 Å². The zero-order valence-electron chi connectivity index (χ0n) is 17.0. The Morgan fingerprint density at radius 2 is 2.10 bits per heavy atom. The van der Waals surface area contributed by atoms with Crippen LogP contribution in [-0.2, 0) is 11.3 Å². The molecule has 1 aliphatic rings. The molecule has 0 saturated heterocycles. The van der Waals surface area contributed by atoms with Gasteiger partial charge in [-0.3, -0.25) is 4.98 Å². The summed E-state index contributed by atoms with van der Waals surface area (Å²) in [5, 5.41) is 4.36. The van der Waals surface area contributed by atoms with E-state index in [4.69, 9.17) is 10.6 Å². The minimum Gasteiger partial charge on any atom is -0.393 e. The van der Waals surface area contributed by atoms with Crippen LogP contribution in [0.15, 0.2) is 47.9 Å². The smallest absolute Gasteiger partial charge is 0.220 e. The van der Waals surface area contributed by atoms with Gasteiger partial charge in [-0.05, 0) is 62.4 Å². The zero-order valence-corrected chi connectivity index (χ0v) is 17.0. The molecule has 6 nitrogen and oxygen atoms in total. The fourth-order valence-corrected chi connectivity index (χ4v) is 3.93. The number of rotatable bonds is 4. The zero-order chi connectivity index (χ0) is 21.3. The molecule has 1 radical (unpaired) electrons. The maximum Gasteiger partial charge on any atom is 0.220 e. The molecule has 7 heteroatoms. The van der Waals surface area contributed by atoms with Gasteiger partial charge in [0.05, 0.1) is 17.1 Å². The molecule has 0 amide bonds. The number of aromatic nitrogens is 3. The summed E-state index contributed by atoms with van der Waals surface area (Å²) in [5.41, 5.74) is 11.8. The normalized spacial score (nSPS) is 17.2. The van der Waals surface area contributed by atoms with Crippen molar-refractivity contribution in [2.45, 2.75) is 38.7 Å². The van der Waals surface area contributed by atoms with E-state index < -0.39 is 0 Å². The maximum absolute atomic E-state index is 14.1. The summed E-state index contributed by atoms with van der Waals surface area (Å²) in [4.78, 5) is 18.4. The summed E-state index contributed by atoms with van der Waals surface area (Å²) in [6.45, 7) is 7.53. The molecular weight excluding hydrogens is 381 g/mol. The van der Waals surface area contributed by atoms with Crippen molar-refractivity contribution in [3.63, 3.8) is 0 Å². The Kier molecular flexibility index (Phi) is 5.44. The Morgan fingerprint density at radius 1 is 1.27 bits per heavy atom. The number of benzene rings is 1. The minimum absolute atomic E-state index is 0.0180. The molecule has 0 aliphatic heterocycles. The third-order valence-corrected chi connectivity index (χ3v) is 5.12. The lowest BCUT2D eigenvalue weighted by Gasteiger charge is -2.28. The van der Waals surface area contributed by atoms with Gasteiger partial charge >= 0.3 is 0 Å². The predicted molar refractivity (Wildman–Crippen MR) is 114 cm³/mol. The van der Waals surface area contributed by atoms with Gasteiger partial charge in [0.2, 0.25) is 5.95 Å². The van der Waals surface area contributed by atoms with Crippen LogP contribution in [0.2, 0.25) is 0 Å². The number of pyridine rings is 1. The Labute approximate surface area is 175 Å². The highest BCUT2D eigenvalue weighted by atomic mass is 19.1. The standard InChI is InChI=1S/C23H23FN5O/c1-13(2)30-29-21-10-16(9-20-22(21)14(3)27-23(25)28-20)18-7-6-17(24)11-19(18)15-5-4-8-26-12-15/h4-8,11-13,16H,1,9-10H2,2-3H3,(H2,25,27,28)/b29-21+/t13?,16-/m1/s1. The predicted octanol–water partition coefficient (Wildman–Crippen LogP) is 4.24. The van der Waals surface area contributed by atoms with E-state index in [-0.39, 0.29) is 23.8 Å². The first-order valence-electron chi connectivity index (χ1n) is 9.81. The van der Waals surface area contributed by atoms with Crippen molar-refractivity contribution in [1.82, 2.24) is 15.0 Å². The first kappa shape index (κ1) is 19.9. The summed E-state index contributed by atoms with van der Waals surface area (Å²) in [6.07, 6.45) is 4.38. The van der Waals surface area contributed by atoms with Gasteiger partial charge in [-0.15, -0.1) is 0 Å². The number of fused-ring (bicyclic) bond motifs is 1. The van der Waals surface area contributed by atoms with Gasteiger partial charge in [-0.1, -0.05) is 17.3 Å². The largest absolute Gasteiger partial charge is 0.393 e. The lowest BCUT2D eigenvalue weighted by molar-refractivity contribution is 0.103. The van der Waals surface area contributed by atoms with E-state index in [2.05, 4.69) is 27.0 Å². The van der Waals surface area contributed by atoms with Gasteiger partial charge in [-0.25, -0.2) is 14.4 Å². The second kappa shape index (κ2) is 8.18. The van der Waals surface area contributed by atoms with Crippen LogP contribution in [0.25, 0.3) is 11.1 Å². The first-order chi connectivity index (χ1) is 14.4. The van der Waals surface area contributed by atoms with Crippen molar-refractivity contribution in [3.8, 4) is 11.1 Å². The topological polar surface area (TPSA) is 86.3 Å². The number of oxime groups is 1. The summed E-state index contributed by atoms with van der Waals surface area (Å²) in [7, 11) is 0. The number of nitrogen functional groups attached to an aromatic ring is 1. The molecule has 153 valence electrons. The Bertz CT molecular complexity index is 1100. The average Bonchev–Trinajstić information content (AvgIpc) is 2.72. The molecule has 0 fully saturated rings. The second-order valence-corrected chi connectivity index (χ2v) is 7.52. The molecule has 0 spiro atoms. The van der Waals surface area contributed by atoms with Crippen LogP contribution in [0.4, 0.5) is 10.3 Å². The molecule has 1 unspecified atom stereocenters. The Morgan fingerprint density at radius 3 is 2.83 bits per heavy atom. The monoisotopic (exact) mass is 404 g/mol. The van der Waals surface area contributed by atoms with Crippen molar-refractivity contribution in [2.75, 3.05) is 5.73 Å². The van der Waals surface area contributed by atoms with E-state index >= 15 is 0 Å². The molecule has 2 N–H and O–H groups in total. The fourth-order valence-electron chi connectivity index (χ4n) is 3.93. The quantitative estimate of drug-likeness (QED) is 0.657. The molecule has 3 aromatic rings. The van der Waals surface area contributed by atoms with Gasteiger partial charge in [0.1, 0.15) is 11.9 Å². The van der Waals surface area contributed by atoms with Crippen LogP contribution in [-0.4, -0.2) is 26.8 Å². The molecule has 1 aliphatic carbocycles. The van der Waals surface area contributed by atoms with Gasteiger partial charge in [-0.2, -0.15) is 0 Å². The number of halogens is 1. The van der Waals surface area contributed by atoms with Crippen LogP contribution in [0.1, 0.15) is 41.8 Å². The molecule has 30 heavy (non-hydrogen) atoms. The fraction of sp³-hybridized carbons (Fsp3) is 0.261. The van der Waals surface area contributed by atoms with Crippen LogP contribution in [0.3, 0.4) is 0 Å². The van der Waals surface area contributed by atoms with E-state index in [0.717, 1.165) is 39.4 Å². The molecule has 4 rings (SSSR count). The highest BCUT2D eigenvalue weighted by Gasteiger charge is 2.30. The van der Waals surface area contributed by atoms with E-state index in [1.165, 1.54) is 6.07 Å². The molecule has 2 aromatic heterocycles. The van der Waals surface area contributed by atoms with Crippen molar-refractivity contribution in [2.24, 2.45) is 5.16 Å². The summed E-state index contributed by atoms with van der Waals surface area (Å²) in [6, 6.07) is 8.62. The van der Waals surface area contributed by atoms with E-state index in [1.807, 2.05) is 32.0 Å². The molecule has 0 saturated carbocycles. The molecule has 2 heterocycles. The Balaban J connectivity index is 1.82. The summed E-state index contributed by atoms with van der Waals surface area (Å²) in [5.74, 6) is -0.0481. The third-order valence-electron chi connectivity index (χ3n) is 5.12. The van der Waals surface area contributed by atoms with E-state index in [0.29, 0.717) is 12.8 Å². The number of anilines is 1. The van der Waals surface area contributed by atoms with Crippen LogP contribution in [0, 0.1) is 19.7 Å². The number of hydrogen-bond donors (Lipinski definition) is 1. The van der Waals surface area contributed by atoms with Gasteiger partial charge in [0.15, 0.2) is 0 Å². The second-order valence-electron chi connectivity index (χ2n) is 7.52. The molecular formula is C23H23FN5O. The summed E-state index contributed by atoms with van der Waals surface area (Å²) < 4.78 is 14.1. The highest BCUT2D eigenvalue weighted by Crippen LogP contribution is 2.38. The van der Waals surface area contributed by atoms with E-state index in [1.54, 1.807) is 18.5 Å². The van der Waals surface area contributed by atoms with Gasteiger partial charge in [0, 0.05) is 29.9 Å². The SMILES string of the molecule is [CH2]C(C)O/N=C1\C[C@H](c2ccc(F)cc2-c2cccnc2)Cc2nc(N)nc(C)c21. The van der Waals surface area contributed by atoms with Gasteiger partial charge in [0.25, 0.3) is 0 Å². The average molecular weight is 404 g/mol. The first-order valence-corrected chi connectivity index (χ1v) is 9.81. The maximum atomic E-state index is 14.1. The minimum atomic E-state index is -0.298. The highest BCUT2D eigenvalue weighted by molar-refractivity contribution is 6.03. The lowest BCUT2D eigenvalue weighted by atomic mass is 9.78. The third kappa shape index (κ3) is 4.01. The van der Waals surface area contributed by atoms with Crippen molar-refractivity contribution < 1.29 is 9.23 Å². The summed E-state index contributed by atoms with van der Waals surface area (Å²) >= 11 is 0. The lowest BCUT2D eigenvalue weighted by Crippen LogP contribution is -2.24. The number of hydrogen-bond acceptors (Lipinski definition) is 6. The van der Waals surface area contributed by atoms with Crippen molar-refractivity contribution in [1.29, 1.82) is 0 Å². The van der Waals surface area contributed by atoms with Crippen LogP contribution in [0.5, 0.6) is 0 Å². The number of aryl methyl sites for hydroxylation is 1. The molecule has 2 atom stereocenters. The number of nitrogens with zero attached hydrogens (tertiary/aromatic N) is 4. The molecule has 1 aromatic carbocycles. The van der Waals surface area contributed by atoms with E-state index in [9.17, 15) is 4.39 Å². The Hall–Kier alpha value is -3.35. The van der Waals surface area contributed by atoms with Crippen molar-refractivity contribution >= 4 is 11.7 Å². The molecule has 0 bridgehead atoms. The van der Waals surface area contributed by atoms with Gasteiger partial charge < -0.3 is 10.6 Å². The number of nitrogens with two attached hydrogens (primary N) is 1.